The number of ether oxygens (including phenoxy) is 1. The van der Waals surface area contributed by atoms with Gasteiger partial charge in [0, 0.05) is 11.1 Å². The molecule has 0 fully saturated rings. The third-order valence-electron chi connectivity index (χ3n) is 3.24. The van der Waals surface area contributed by atoms with Crippen LogP contribution in [0.25, 0.3) is 10.9 Å². The van der Waals surface area contributed by atoms with E-state index in [4.69, 9.17) is 17.0 Å². The first-order valence-electron chi connectivity index (χ1n) is 6.84. The summed E-state index contributed by atoms with van der Waals surface area (Å²) in [5, 5.41) is 21.8. The number of anilines is 1. The number of aromatic amines is 1. The number of H-pyrrole nitrogens is 1. The second-order valence-corrected chi connectivity index (χ2v) is 5.11. The van der Waals surface area contributed by atoms with Crippen molar-refractivity contribution in [2.75, 3.05) is 12.4 Å². The molecule has 0 saturated heterocycles. The minimum Gasteiger partial charge on any atom is -0.504 e. The molecule has 1 heterocycles. The Balaban J connectivity index is 1.73. The number of hydrogen-bond donors (Lipinski definition) is 3. The number of aromatic nitrogens is 1. The van der Waals surface area contributed by atoms with Crippen molar-refractivity contribution in [3.63, 3.8) is 0 Å². The monoisotopic (exact) mass is 326 g/mol. The average molecular weight is 326 g/mol. The lowest BCUT2D eigenvalue weighted by Crippen LogP contribution is -2.04. The normalized spacial score (nSPS) is 11.0. The summed E-state index contributed by atoms with van der Waals surface area (Å²) in [4.78, 5) is 2.98. The summed E-state index contributed by atoms with van der Waals surface area (Å²) in [6.45, 7) is 0. The number of hydrogen-bond acceptors (Lipinski definition) is 4. The van der Waals surface area contributed by atoms with Crippen molar-refractivity contribution in [2.45, 2.75) is 0 Å². The molecule has 3 rings (SSSR count). The summed E-state index contributed by atoms with van der Waals surface area (Å²) >= 11 is 5.12. The van der Waals surface area contributed by atoms with Crippen molar-refractivity contribution in [3.8, 4) is 11.5 Å². The van der Waals surface area contributed by atoms with Gasteiger partial charge in [-0.05, 0) is 48.6 Å². The van der Waals surface area contributed by atoms with Gasteiger partial charge in [-0.25, -0.2) is 0 Å². The van der Waals surface area contributed by atoms with Crippen LogP contribution in [0, 0.1) is 0 Å². The van der Waals surface area contributed by atoms with E-state index in [9.17, 15) is 5.11 Å². The highest BCUT2D eigenvalue weighted by atomic mass is 32.1. The fourth-order valence-electron chi connectivity index (χ4n) is 2.10. The Hall–Kier alpha value is -2.93. The maximum Gasteiger partial charge on any atom is 0.218 e. The molecular formula is C16H14N4O2S. The summed E-state index contributed by atoms with van der Waals surface area (Å²) in [6, 6.07) is 14.6. The number of fused-ring (bicyclic) bond motifs is 1. The average Bonchev–Trinajstić information content (AvgIpc) is 2.90. The van der Waals surface area contributed by atoms with Gasteiger partial charge in [0.2, 0.25) is 5.11 Å². The molecule has 6 nitrogen and oxygen atoms in total. The van der Waals surface area contributed by atoms with E-state index < -0.39 is 0 Å². The SMILES string of the molecule is COc1ccc(NC(=S)N=Nc2[nH]c3ccccc3c2O)cc1. The molecule has 3 N–H and O–H groups in total. The van der Waals surface area contributed by atoms with Crippen LogP contribution in [-0.4, -0.2) is 22.3 Å². The van der Waals surface area contributed by atoms with Crippen LogP contribution >= 0.6 is 12.2 Å². The molecule has 3 aromatic rings. The van der Waals surface area contributed by atoms with Gasteiger partial charge in [0.1, 0.15) is 5.75 Å². The number of benzene rings is 2. The van der Waals surface area contributed by atoms with Gasteiger partial charge in [-0.3, -0.25) is 0 Å². The van der Waals surface area contributed by atoms with E-state index in [1.54, 1.807) is 13.2 Å². The summed E-state index contributed by atoms with van der Waals surface area (Å²) in [5.41, 5.74) is 1.56. The lowest BCUT2D eigenvalue weighted by Gasteiger charge is -2.04. The Bertz CT molecular complexity index is 871. The minimum absolute atomic E-state index is 0.0524. The van der Waals surface area contributed by atoms with E-state index in [2.05, 4.69) is 20.5 Å². The van der Waals surface area contributed by atoms with Crippen LogP contribution in [0.5, 0.6) is 11.5 Å². The van der Waals surface area contributed by atoms with Gasteiger partial charge in [0.25, 0.3) is 0 Å². The molecule has 116 valence electrons. The van der Waals surface area contributed by atoms with Gasteiger partial charge >= 0.3 is 0 Å². The first kappa shape index (κ1) is 15.0. The molecule has 0 atom stereocenters. The van der Waals surface area contributed by atoms with Crippen molar-refractivity contribution in [2.24, 2.45) is 10.2 Å². The Morgan fingerprint density at radius 1 is 1.17 bits per heavy atom. The van der Waals surface area contributed by atoms with Gasteiger partial charge in [-0.15, -0.1) is 10.2 Å². The Kier molecular flexibility index (Phi) is 4.20. The minimum atomic E-state index is 0.0524. The highest BCUT2D eigenvalue weighted by Gasteiger charge is 2.09. The molecule has 0 aliphatic carbocycles. The predicted octanol–water partition coefficient (Wildman–Crippen LogP) is 4.36. The van der Waals surface area contributed by atoms with Crippen molar-refractivity contribution in [1.82, 2.24) is 4.98 Å². The molecule has 0 radical (unpaired) electrons. The smallest absolute Gasteiger partial charge is 0.218 e. The van der Waals surface area contributed by atoms with E-state index in [-0.39, 0.29) is 16.7 Å². The van der Waals surface area contributed by atoms with Gasteiger partial charge in [-0.1, -0.05) is 12.1 Å². The zero-order valence-corrected chi connectivity index (χ0v) is 13.1. The fourth-order valence-corrected chi connectivity index (χ4v) is 2.26. The lowest BCUT2D eigenvalue weighted by atomic mass is 10.2. The van der Waals surface area contributed by atoms with Crippen LogP contribution in [0.2, 0.25) is 0 Å². The van der Waals surface area contributed by atoms with Crippen LogP contribution in [0.3, 0.4) is 0 Å². The van der Waals surface area contributed by atoms with Crippen LogP contribution < -0.4 is 10.1 Å². The van der Waals surface area contributed by atoms with Crippen LogP contribution in [0.4, 0.5) is 11.5 Å². The van der Waals surface area contributed by atoms with E-state index in [1.165, 1.54) is 0 Å². The van der Waals surface area contributed by atoms with Crippen molar-refractivity contribution >= 4 is 39.7 Å². The van der Waals surface area contributed by atoms with Gasteiger partial charge in [-0.2, -0.15) is 0 Å². The number of azo groups is 1. The quantitative estimate of drug-likeness (QED) is 0.493. The van der Waals surface area contributed by atoms with E-state index >= 15 is 0 Å². The number of rotatable bonds is 3. The highest BCUT2D eigenvalue weighted by Crippen LogP contribution is 2.34. The maximum atomic E-state index is 10.1. The molecule has 23 heavy (non-hydrogen) atoms. The largest absolute Gasteiger partial charge is 0.504 e. The molecule has 0 unspecified atom stereocenters. The molecule has 7 heteroatoms. The number of para-hydroxylation sites is 1. The van der Waals surface area contributed by atoms with Gasteiger partial charge in [0.15, 0.2) is 11.6 Å². The van der Waals surface area contributed by atoms with E-state index in [1.807, 2.05) is 42.5 Å². The topological polar surface area (TPSA) is 82.0 Å². The molecule has 0 aliphatic rings. The van der Waals surface area contributed by atoms with Crippen LogP contribution in [0.1, 0.15) is 0 Å². The van der Waals surface area contributed by atoms with Crippen molar-refractivity contribution in [3.05, 3.63) is 48.5 Å². The Morgan fingerprint density at radius 2 is 1.91 bits per heavy atom. The Labute approximate surface area is 137 Å². The summed E-state index contributed by atoms with van der Waals surface area (Å²) in [6.07, 6.45) is 0. The number of methoxy groups -OCH3 is 1. The molecule has 0 aliphatic heterocycles. The zero-order valence-electron chi connectivity index (χ0n) is 12.3. The summed E-state index contributed by atoms with van der Waals surface area (Å²) < 4.78 is 5.09. The predicted molar refractivity (Wildman–Crippen MR) is 93.7 cm³/mol. The standard InChI is InChI=1S/C16H14N4O2S/c1-22-11-8-6-10(7-9-11)17-16(23)20-19-15-14(21)12-4-2-3-5-13(12)18-15/h2-9,18,21H,1H3,(H,17,23). The second kappa shape index (κ2) is 6.45. The van der Waals surface area contributed by atoms with Gasteiger partial charge in [0.05, 0.1) is 12.6 Å². The molecule has 1 aromatic heterocycles. The molecule has 0 saturated carbocycles. The van der Waals surface area contributed by atoms with Crippen LogP contribution in [-0.2, 0) is 0 Å². The van der Waals surface area contributed by atoms with E-state index in [0.29, 0.717) is 5.39 Å². The number of nitrogens with one attached hydrogen (secondary N) is 2. The number of thiocarbonyl (C=S) groups is 1. The lowest BCUT2D eigenvalue weighted by molar-refractivity contribution is 0.415. The summed E-state index contributed by atoms with van der Waals surface area (Å²) in [7, 11) is 1.61. The first-order valence-corrected chi connectivity index (χ1v) is 7.24. The first-order chi connectivity index (χ1) is 11.2. The maximum absolute atomic E-state index is 10.1. The van der Waals surface area contributed by atoms with Gasteiger partial charge < -0.3 is 20.1 Å². The Morgan fingerprint density at radius 3 is 2.61 bits per heavy atom. The molecule has 2 aromatic carbocycles. The zero-order chi connectivity index (χ0) is 16.2. The number of aromatic hydroxyl groups is 1. The third-order valence-corrected chi connectivity index (χ3v) is 3.43. The van der Waals surface area contributed by atoms with Crippen LogP contribution in [0.15, 0.2) is 58.8 Å². The van der Waals surface area contributed by atoms with Crippen molar-refractivity contribution in [1.29, 1.82) is 0 Å². The second-order valence-electron chi connectivity index (χ2n) is 4.73. The number of nitrogens with zero attached hydrogens (tertiary/aromatic N) is 2. The summed E-state index contributed by atoms with van der Waals surface area (Å²) in [5.74, 6) is 1.08. The third kappa shape index (κ3) is 3.29. The molecule has 0 spiro atoms. The molecular weight excluding hydrogens is 312 g/mol. The van der Waals surface area contributed by atoms with Crippen molar-refractivity contribution < 1.29 is 9.84 Å². The molecule has 0 bridgehead atoms. The molecule has 0 amide bonds. The fraction of sp³-hybridized carbons (Fsp3) is 0.0625. The highest BCUT2D eigenvalue weighted by molar-refractivity contribution is 7.80. The van der Waals surface area contributed by atoms with E-state index in [0.717, 1.165) is 17.0 Å².